The largest absolute Gasteiger partial charge is 0.271 e. The average molecular weight is 457 g/mol. The van der Waals surface area contributed by atoms with Gasteiger partial charge in [0, 0.05) is 28.0 Å². The van der Waals surface area contributed by atoms with Gasteiger partial charge in [-0.2, -0.15) is 5.10 Å². The van der Waals surface area contributed by atoms with Gasteiger partial charge in [-0.15, -0.1) is 0 Å². The molecule has 28 heavy (non-hydrogen) atoms. The zero-order valence-corrected chi connectivity index (χ0v) is 17.0. The van der Waals surface area contributed by atoms with Crippen LogP contribution in [0.3, 0.4) is 0 Å². The molecule has 0 aromatic heterocycles. The minimum atomic E-state index is -0.393. The maximum absolute atomic E-state index is 11.2. The Labute approximate surface area is 175 Å². The molecule has 1 aliphatic rings. The highest BCUT2D eigenvalue weighted by Gasteiger charge is 2.30. The molecule has 1 aliphatic heterocycles. The number of nitro groups is 1. The highest BCUT2D eigenvalue weighted by molar-refractivity contribution is 9.10. The summed E-state index contributed by atoms with van der Waals surface area (Å²) in [6.07, 6.45) is 0.686. The van der Waals surface area contributed by atoms with Gasteiger partial charge in [0.05, 0.1) is 22.4 Å². The van der Waals surface area contributed by atoms with Gasteiger partial charge in [0.1, 0.15) is 0 Å². The van der Waals surface area contributed by atoms with Crippen LogP contribution < -0.4 is 5.01 Å². The van der Waals surface area contributed by atoms with Crippen LogP contribution in [0.4, 0.5) is 11.4 Å². The Kier molecular flexibility index (Phi) is 5.15. The number of anilines is 1. The van der Waals surface area contributed by atoms with E-state index in [-0.39, 0.29) is 11.7 Å². The Bertz CT molecular complexity index is 1050. The van der Waals surface area contributed by atoms with Gasteiger partial charge in [-0.25, -0.2) is 0 Å². The molecule has 0 bridgehead atoms. The number of hydrogen-bond donors (Lipinski definition) is 0. The zero-order chi connectivity index (χ0) is 19.7. The SMILES string of the molecule is O=[N+]([O-])c1cccc(N2N=C(c3ccc(Br)cc3)CC2c2ccc(Cl)cc2)c1. The van der Waals surface area contributed by atoms with E-state index in [2.05, 4.69) is 15.9 Å². The second kappa shape index (κ2) is 7.73. The number of nitro benzene ring substituents is 1. The first kappa shape index (κ1) is 18.7. The van der Waals surface area contributed by atoms with Crippen molar-refractivity contribution in [2.75, 3.05) is 5.01 Å². The molecule has 0 amide bonds. The van der Waals surface area contributed by atoms with Gasteiger partial charge >= 0.3 is 0 Å². The lowest BCUT2D eigenvalue weighted by Gasteiger charge is -2.23. The van der Waals surface area contributed by atoms with E-state index in [1.165, 1.54) is 6.07 Å². The van der Waals surface area contributed by atoms with Crippen LogP contribution in [0.15, 0.2) is 82.4 Å². The fraction of sp³-hybridized carbons (Fsp3) is 0.0952. The van der Waals surface area contributed by atoms with Gasteiger partial charge in [-0.3, -0.25) is 15.1 Å². The van der Waals surface area contributed by atoms with Crippen LogP contribution in [0.1, 0.15) is 23.6 Å². The Balaban J connectivity index is 1.77. The van der Waals surface area contributed by atoms with Crippen LogP contribution in [-0.2, 0) is 0 Å². The van der Waals surface area contributed by atoms with Crippen LogP contribution >= 0.6 is 27.5 Å². The summed E-state index contributed by atoms with van der Waals surface area (Å²) < 4.78 is 1.000. The molecule has 1 unspecified atom stereocenters. The summed E-state index contributed by atoms with van der Waals surface area (Å²) in [6, 6.07) is 22.1. The van der Waals surface area contributed by atoms with Crippen molar-refractivity contribution in [1.29, 1.82) is 0 Å². The zero-order valence-electron chi connectivity index (χ0n) is 14.6. The van der Waals surface area contributed by atoms with Crippen LogP contribution in [0, 0.1) is 10.1 Å². The number of hydrogen-bond acceptors (Lipinski definition) is 4. The summed E-state index contributed by atoms with van der Waals surface area (Å²) in [5.41, 5.74) is 3.72. The fourth-order valence-electron chi connectivity index (χ4n) is 3.26. The van der Waals surface area contributed by atoms with Crippen LogP contribution in [-0.4, -0.2) is 10.6 Å². The molecule has 3 aromatic rings. The van der Waals surface area contributed by atoms with E-state index in [0.717, 1.165) is 21.3 Å². The Morgan fingerprint density at radius 3 is 2.46 bits per heavy atom. The number of hydrazone groups is 1. The molecular formula is C21H15BrClN3O2. The molecule has 1 heterocycles. The second-order valence-electron chi connectivity index (χ2n) is 6.45. The highest BCUT2D eigenvalue weighted by atomic mass is 79.9. The van der Waals surface area contributed by atoms with Crippen molar-refractivity contribution in [3.05, 3.63) is 104 Å². The number of nitrogens with zero attached hydrogens (tertiary/aromatic N) is 3. The summed E-state index contributed by atoms with van der Waals surface area (Å²) in [7, 11) is 0. The molecule has 0 spiro atoms. The normalized spacial score (nSPS) is 16.1. The van der Waals surface area contributed by atoms with E-state index < -0.39 is 4.92 Å². The number of rotatable bonds is 4. The van der Waals surface area contributed by atoms with E-state index >= 15 is 0 Å². The predicted octanol–water partition coefficient (Wildman–Crippen LogP) is 6.37. The van der Waals surface area contributed by atoms with E-state index in [9.17, 15) is 10.1 Å². The molecule has 0 fully saturated rings. The van der Waals surface area contributed by atoms with Gasteiger partial charge in [-0.05, 0) is 41.5 Å². The minimum Gasteiger partial charge on any atom is -0.258 e. The fourth-order valence-corrected chi connectivity index (χ4v) is 3.65. The molecule has 0 saturated carbocycles. The van der Waals surface area contributed by atoms with Crippen molar-refractivity contribution < 1.29 is 4.92 Å². The standard InChI is InChI=1S/C21H15BrClN3O2/c22-16-8-4-14(5-9-16)20-13-21(15-6-10-17(23)11-7-15)25(24-20)18-2-1-3-19(12-18)26(27)28/h1-12,21H,13H2. The third kappa shape index (κ3) is 3.79. The van der Waals surface area contributed by atoms with Crippen molar-refractivity contribution in [3.63, 3.8) is 0 Å². The monoisotopic (exact) mass is 455 g/mol. The summed E-state index contributed by atoms with van der Waals surface area (Å²) in [5.74, 6) is 0. The van der Waals surface area contributed by atoms with Gasteiger partial charge in [-0.1, -0.05) is 57.9 Å². The van der Waals surface area contributed by atoms with E-state index in [1.807, 2.05) is 59.6 Å². The number of halogens is 2. The van der Waals surface area contributed by atoms with Gasteiger partial charge in [0.2, 0.25) is 0 Å². The van der Waals surface area contributed by atoms with Gasteiger partial charge in [0.25, 0.3) is 5.69 Å². The van der Waals surface area contributed by atoms with Gasteiger partial charge in [0.15, 0.2) is 0 Å². The van der Waals surface area contributed by atoms with Crippen molar-refractivity contribution in [2.45, 2.75) is 12.5 Å². The van der Waals surface area contributed by atoms with Gasteiger partial charge < -0.3 is 0 Å². The molecule has 5 nitrogen and oxygen atoms in total. The van der Waals surface area contributed by atoms with Crippen molar-refractivity contribution in [1.82, 2.24) is 0 Å². The lowest BCUT2D eigenvalue weighted by Crippen LogP contribution is -2.18. The first-order valence-corrected chi connectivity index (χ1v) is 9.81. The highest BCUT2D eigenvalue weighted by Crippen LogP contribution is 2.38. The second-order valence-corrected chi connectivity index (χ2v) is 7.80. The summed E-state index contributed by atoms with van der Waals surface area (Å²) in [4.78, 5) is 10.8. The minimum absolute atomic E-state index is 0.0413. The molecule has 140 valence electrons. The van der Waals surface area contributed by atoms with Crippen molar-refractivity contribution >= 4 is 44.6 Å². The van der Waals surface area contributed by atoms with E-state index in [4.69, 9.17) is 16.7 Å². The summed E-state index contributed by atoms with van der Waals surface area (Å²) in [6.45, 7) is 0. The van der Waals surface area contributed by atoms with Crippen molar-refractivity contribution in [3.8, 4) is 0 Å². The topological polar surface area (TPSA) is 58.7 Å². The van der Waals surface area contributed by atoms with Crippen molar-refractivity contribution in [2.24, 2.45) is 5.10 Å². The van der Waals surface area contributed by atoms with Crippen LogP contribution in [0.2, 0.25) is 5.02 Å². The quantitative estimate of drug-likeness (QED) is 0.339. The maximum Gasteiger partial charge on any atom is 0.271 e. The molecule has 3 aromatic carbocycles. The maximum atomic E-state index is 11.2. The smallest absolute Gasteiger partial charge is 0.258 e. The van der Waals surface area contributed by atoms with Crippen LogP contribution in [0.25, 0.3) is 0 Å². The average Bonchev–Trinajstić information content (AvgIpc) is 3.14. The Hall–Kier alpha value is -2.70. The molecular weight excluding hydrogens is 442 g/mol. The molecule has 0 N–H and O–H groups in total. The van der Waals surface area contributed by atoms with E-state index in [1.54, 1.807) is 12.1 Å². The third-order valence-corrected chi connectivity index (χ3v) is 5.43. The molecule has 0 saturated heterocycles. The first-order valence-electron chi connectivity index (χ1n) is 8.64. The number of non-ortho nitro benzene ring substituents is 1. The lowest BCUT2D eigenvalue weighted by molar-refractivity contribution is -0.384. The molecule has 1 atom stereocenters. The molecule has 7 heteroatoms. The van der Waals surface area contributed by atoms with Crippen LogP contribution in [0.5, 0.6) is 0 Å². The Morgan fingerprint density at radius 1 is 1.07 bits per heavy atom. The lowest BCUT2D eigenvalue weighted by atomic mass is 9.98. The van der Waals surface area contributed by atoms with E-state index in [0.29, 0.717) is 17.1 Å². The first-order chi connectivity index (χ1) is 13.5. The Morgan fingerprint density at radius 2 is 1.79 bits per heavy atom. The molecule has 4 rings (SSSR count). The predicted molar refractivity (Wildman–Crippen MR) is 115 cm³/mol. The molecule has 0 aliphatic carbocycles. The number of benzene rings is 3. The third-order valence-electron chi connectivity index (χ3n) is 4.65. The summed E-state index contributed by atoms with van der Waals surface area (Å²) >= 11 is 9.50. The molecule has 0 radical (unpaired) electrons. The summed E-state index contributed by atoms with van der Waals surface area (Å²) in [5, 5.41) is 18.5.